The molecule has 0 aliphatic heterocycles. The molecule has 0 fully saturated rings. The van der Waals surface area contributed by atoms with Crippen LogP contribution in [0, 0.1) is 0 Å². The van der Waals surface area contributed by atoms with Crippen molar-refractivity contribution in [2.45, 2.75) is 32.7 Å². The Kier molecular flexibility index (Phi) is 8.14. The maximum absolute atomic E-state index is 12.5. The second kappa shape index (κ2) is 10.8. The fourth-order valence-electron chi connectivity index (χ4n) is 2.66. The van der Waals surface area contributed by atoms with Crippen LogP contribution in [0.1, 0.15) is 47.4 Å². The molecule has 0 aliphatic rings. The molecule has 2 rings (SSSR count). The van der Waals surface area contributed by atoms with Gasteiger partial charge in [-0.05, 0) is 50.6 Å². The average Bonchev–Trinajstić information content (AvgIpc) is 3.20. The lowest BCUT2D eigenvalue weighted by Gasteiger charge is -2.17. The number of nitrogens with zero attached hydrogens (tertiary/aromatic N) is 1. The number of benzene rings is 1. The molecule has 0 saturated heterocycles. The highest BCUT2D eigenvalue weighted by molar-refractivity contribution is 5.97. The molecule has 1 aromatic carbocycles. The summed E-state index contributed by atoms with van der Waals surface area (Å²) in [5.41, 5.74) is 1.67. The number of carbonyl (C=O) groups excluding carboxylic acids is 4. The number of nitrogens with one attached hydrogen (secondary N) is 1. The molecule has 1 N–H and O–H groups in total. The largest absolute Gasteiger partial charge is 0.466 e. The highest BCUT2D eigenvalue weighted by Gasteiger charge is 2.24. The van der Waals surface area contributed by atoms with E-state index in [2.05, 4.69) is 5.32 Å². The van der Waals surface area contributed by atoms with Gasteiger partial charge in [-0.2, -0.15) is 0 Å². The molecule has 1 aromatic heterocycles. The van der Waals surface area contributed by atoms with Crippen LogP contribution >= 0.6 is 0 Å². The number of esters is 2. The molecule has 1 amide bonds. The zero-order valence-electron chi connectivity index (χ0n) is 16.4. The van der Waals surface area contributed by atoms with Gasteiger partial charge in [0, 0.05) is 35.6 Å². The van der Waals surface area contributed by atoms with Crippen LogP contribution in [0.2, 0.25) is 0 Å². The van der Waals surface area contributed by atoms with E-state index in [1.165, 1.54) is 0 Å². The van der Waals surface area contributed by atoms with Gasteiger partial charge in [0.15, 0.2) is 6.29 Å². The maximum Gasteiger partial charge on any atom is 0.328 e. The van der Waals surface area contributed by atoms with Crippen molar-refractivity contribution in [2.75, 3.05) is 13.2 Å². The number of rotatable bonds is 10. The molecule has 154 valence electrons. The lowest BCUT2D eigenvalue weighted by Crippen LogP contribution is -2.42. The summed E-state index contributed by atoms with van der Waals surface area (Å²) in [6.45, 7) is 3.77. The minimum Gasteiger partial charge on any atom is -0.466 e. The van der Waals surface area contributed by atoms with Gasteiger partial charge in [-0.1, -0.05) is 0 Å². The number of aromatic nitrogens is 1. The number of aldehydes is 1. The first kappa shape index (κ1) is 21.9. The Morgan fingerprint density at radius 3 is 2.34 bits per heavy atom. The minimum atomic E-state index is -0.953. The fourth-order valence-corrected chi connectivity index (χ4v) is 2.66. The molecular formula is C21H24N2O6. The summed E-state index contributed by atoms with van der Waals surface area (Å²) in [5.74, 6) is -1.50. The average molecular weight is 400 g/mol. The number of hydrogen-bond donors (Lipinski definition) is 1. The number of ether oxygens (including phenoxy) is 2. The van der Waals surface area contributed by atoms with E-state index in [1.807, 2.05) is 0 Å². The van der Waals surface area contributed by atoms with Crippen molar-refractivity contribution in [2.24, 2.45) is 0 Å². The fraction of sp³-hybridized carbons (Fsp3) is 0.333. The Hall–Kier alpha value is -3.42. The Labute approximate surface area is 168 Å². The monoisotopic (exact) mass is 400 g/mol. The van der Waals surface area contributed by atoms with Gasteiger partial charge in [0.2, 0.25) is 0 Å². The summed E-state index contributed by atoms with van der Waals surface area (Å²) >= 11 is 0. The van der Waals surface area contributed by atoms with E-state index in [9.17, 15) is 19.2 Å². The predicted octanol–water partition coefficient (Wildman–Crippen LogP) is 2.29. The highest BCUT2D eigenvalue weighted by atomic mass is 16.5. The summed E-state index contributed by atoms with van der Waals surface area (Å²) in [6.07, 6.45) is 4.24. The Balaban J connectivity index is 2.05. The molecule has 2 aromatic rings. The third-order valence-corrected chi connectivity index (χ3v) is 4.10. The van der Waals surface area contributed by atoms with E-state index in [-0.39, 0.29) is 26.1 Å². The minimum absolute atomic E-state index is 0.0107. The summed E-state index contributed by atoms with van der Waals surface area (Å²) in [6, 6.07) is 7.40. The van der Waals surface area contributed by atoms with Crippen molar-refractivity contribution in [1.82, 2.24) is 9.88 Å². The summed E-state index contributed by atoms with van der Waals surface area (Å²) < 4.78 is 11.6. The summed E-state index contributed by atoms with van der Waals surface area (Å²) in [7, 11) is 0. The van der Waals surface area contributed by atoms with Crippen LogP contribution in [0.3, 0.4) is 0 Å². The van der Waals surface area contributed by atoms with Gasteiger partial charge < -0.3 is 19.4 Å². The molecule has 1 atom stereocenters. The highest BCUT2D eigenvalue weighted by Crippen LogP contribution is 2.12. The Bertz CT molecular complexity index is 856. The van der Waals surface area contributed by atoms with Crippen LogP contribution in [0.5, 0.6) is 0 Å². The lowest BCUT2D eigenvalue weighted by molar-refractivity contribution is -0.146. The van der Waals surface area contributed by atoms with E-state index < -0.39 is 23.9 Å². The summed E-state index contributed by atoms with van der Waals surface area (Å²) in [5, 5.41) is 2.61. The SMILES string of the molecule is CCOC(=O)CCC(NC(=O)c1ccc(-n2ccc(C=O)c2)cc1)C(=O)OCC. The van der Waals surface area contributed by atoms with Crippen LogP contribution in [0.15, 0.2) is 42.7 Å². The van der Waals surface area contributed by atoms with Gasteiger partial charge in [0.1, 0.15) is 6.04 Å². The van der Waals surface area contributed by atoms with Crippen molar-refractivity contribution < 1.29 is 28.7 Å². The first-order valence-electron chi connectivity index (χ1n) is 9.35. The van der Waals surface area contributed by atoms with Crippen molar-refractivity contribution in [3.05, 3.63) is 53.9 Å². The summed E-state index contributed by atoms with van der Waals surface area (Å²) in [4.78, 5) is 47.0. The zero-order valence-corrected chi connectivity index (χ0v) is 16.4. The van der Waals surface area contributed by atoms with E-state index >= 15 is 0 Å². The lowest BCUT2D eigenvalue weighted by atomic mass is 10.1. The van der Waals surface area contributed by atoms with Crippen molar-refractivity contribution in [3.63, 3.8) is 0 Å². The van der Waals surface area contributed by atoms with Gasteiger partial charge in [0.05, 0.1) is 13.2 Å². The second-order valence-electron chi connectivity index (χ2n) is 6.14. The van der Waals surface area contributed by atoms with Crippen molar-refractivity contribution in [1.29, 1.82) is 0 Å². The van der Waals surface area contributed by atoms with Crippen LogP contribution < -0.4 is 5.32 Å². The first-order chi connectivity index (χ1) is 14.0. The van der Waals surface area contributed by atoms with Gasteiger partial charge in [-0.25, -0.2) is 4.79 Å². The smallest absolute Gasteiger partial charge is 0.328 e. The van der Waals surface area contributed by atoms with E-state index in [0.29, 0.717) is 11.1 Å². The third-order valence-electron chi connectivity index (χ3n) is 4.10. The molecule has 29 heavy (non-hydrogen) atoms. The van der Waals surface area contributed by atoms with Gasteiger partial charge >= 0.3 is 11.9 Å². The quantitative estimate of drug-likeness (QED) is 0.485. The normalized spacial score (nSPS) is 11.4. The molecule has 0 spiro atoms. The van der Waals surface area contributed by atoms with Crippen molar-refractivity contribution in [3.8, 4) is 5.69 Å². The van der Waals surface area contributed by atoms with E-state index in [0.717, 1.165) is 12.0 Å². The number of hydrogen-bond acceptors (Lipinski definition) is 6. The maximum atomic E-state index is 12.5. The molecule has 0 aliphatic carbocycles. The van der Waals surface area contributed by atoms with Crippen molar-refractivity contribution >= 4 is 24.1 Å². The molecule has 1 heterocycles. The van der Waals surface area contributed by atoms with Crippen LogP contribution in [0.4, 0.5) is 0 Å². The predicted molar refractivity (Wildman–Crippen MR) is 105 cm³/mol. The topological polar surface area (TPSA) is 104 Å². The molecule has 0 radical (unpaired) electrons. The standard InChI is InChI=1S/C21H24N2O6/c1-3-28-19(25)10-9-18(21(27)29-4-2)22-20(26)16-5-7-17(8-6-16)23-12-11-15(13-23)14-24/h5-8,11-14,18H,3-4,9-10H2,1-2H3,(H,22,26). The molecule has 0 saturated carbocycles. The molecule has 8 heteroatoms. The number of carbonyl (C=O) groups is 4. The van der Waals surface area contributed by atoms with E-state index in [4.69, 9.17) is 9.47 Å². The van der Waals surface area contributed by atoms with Gasteiger partial charge in [-0.3, -0.25) is 14.4 Å². The molecule has 8 nitrogen and oxygen atoms in total. The second-order valence-corrected chi connectivity index (χ2v) is 6.14. The Morgan fingerprint density at radius 2 is 1.76 bits per heavy atom. The van der Waals surface area contributed by atoms with Gasteiger partial charge in [-0.15, -0.1) is 0 Å². The molecule has 0 bridgehead atoms. The van der Waals surface area contributed by atoms with Crippen LogP contribution in [-0.2, 0) is 19.1 Å². The van der Waals surface area contributed by atoms with Crippen LogP contribution in [-0.4, -0.2) is 48.0 Å². The third kappa shape index (κ3) is 6.31. The van der Waals surface area contributed by atoms with Gasteiger partial charge in [0.25, 0.3) is 5.91 Å². The van der Waals surface area contributed by atoms with E-state index in [1.54, 1.807) is 61.1 Å². The molecular weight excluding hydrogens is 376 g/mol. The zero-order chi connectivity index (χ0) is 21.2. The Morgan fingerprint density at radius 1 is 1.07 bits per heavy atom. The van der Waals surface area contributed by atoms with Crippen LogP contribution in [0.25, 0.3) is 5.69 Å². The number of amides is 1. The first-order valence-corrected chi connectivity index (χ1v) is 9.35. The molecule has 1 unspecified atom stereocenters.